The van der Waals surface area contributed by atoms with Crippen LogP contribution in [-0.2, 0) is 19.1 Å². The van der Waals surface area contributed by atoms with Gasteiger partial charge in [-0.05, 0) is 53.3 Å². The van der Waals surface area contributed by atoms with Gasteiger partial charge in [0, 0.05) is 18.1 Å². The van der Waals surface area contributed by atoms with Crippen LogP contribution in [0.2, 0.25) is 0 Å². The number of phenolic OH excluding ortho intramolecular Hbond substituents is 1. The third kappa shape index (κ3) is 5.74. The van der Waals surface area contributed by atoms with Crippen molar-refractivity contribution in [2.24, 2.45) is 0 Å². The third-order valence-corrected chi connectivity index (χ3v) is 6.64. The Kier molecular flexibility index (Phi) is 6.84. The topological polar surface area (TPSA) is 101 Å². The maximum Gasteiger partial charge on any atom is 0.416 e. The fourth-order valence-corrected chi connectivity index (χ4v) is 4.55. The molecule has 206 valence electrons. The van der Waals surface area contributed by atoms with Gasteiger partial charge in [-0.1, -0.05) is 48.5 Å². The van der Waals surface area contributed by atoms with Crippen molar-refractivity contribution >= 4 is 39.5 Å². The number of halogens is 3. The molecule has 41 heavy (non-hydrogen) atoms. The fourth-order valence-electron chi connectivity index (χ4n) is 4.55. The van der Waals surface area contributed by atoms with Crippen molar-refractivity contribution in [3.63, 3.8) is 0 Å². The SMILES string of the molecule is Oc1ccc(CCNc2nc(Nc3nccc4ccccc34)nc3c2ncn3Cc2ccc(C(F)(F)F)cc2)cc1. The lowest BCUT2D eigenvalue weighted by Gasteiger charge is -2.12. The molecule has 0 aliphatic rings. The Labute approximate surface area is 232 Å². The van der Waals surface area contributed by atoms with Crippen LogP contribution in [0.15, 0.2) is 91.4 Å². The molecule has 0 saturated heterocycles. The molecule has 0 atom stereocenters. The molecule has 6 rings (SSSR count). The van der Waals surface area contributed by atoms with Crippen LogP contribution in [0.3, 0.4) is 0 Å². The number of benzene rings is 3. The zero-order valence-corrected chi connectivity index (χ0v) is 21.6. The van der Waals surface area contributed by atoms with Crippen LogP contribution in [0.1, 0.15) is 16.7 Å². The van der Waals surface area contributed by atoms with Crippen molar-refractivity contribution in [3.8, 4) is 5.75 Å². The number of rotatable bonds is 8. The fraction of sp³-hybridized carbons (Fsp3) is 0.133. The molecule has 0 spiro atoms. The van der Waals surface area contributed by atoms with E-state index in [1.165, 1.54) is 12.1 Å². The summed E-state index contributed by atoms with van der Waals surface area (Å²) in [5.74, 6) is 1.59. The number of alkyl halides is 3. The maximum absolute atomic E-state index is 13.0. The number of imidazole rings is 1. The van der Waals surface area contributed by atoms with Crippen molar-refractivity contribution in [1.29, 1.82) is 0 Å². The Balaban J connectivity index is 1.33. The summed E-state index contributed by atoms with van der Waals surface area (Å²) in [6.45, 7) is 0.805. The molecule has 11 heteroatoms. The molecule has 3 N–H and O–H groups in total. The number of aromatic nitrogens is 5. The van der Waals surface area contributed by atoms with E-state index in [0.29, 0.717) is 47.3 Å². The Morgan fingerprint density at radius 1 is 0.805 bits per heavy atom. The number of nitrogens with zero attached hydrogens (tertiary/aromatic N) is 5. The van der Waals surface area contributed by atoms with Gasteiger partial charge in [-0.15, -0.1) is 0 Å². The van der Waals surface area contributed by atoms with Gasteiger partial charge in [0.2, 0.25) is 5.95 Å². The number of hydrogen-bond donors (Lipinski definition) is 3. The Hall–Kier alpha value is -5.19. The molecule has 6 aromatic rings. The Morgan fingerprint density at radius 3 is 2.34 bits per heavy atom. The minimum absolute atomic E-state index is 0.204. The largest absolute Gasteiger partial charge is 0.508 e. The second-order valence-corrected chi connectivity index (χ2v) is 9.48. The summed E-state index contributed by atoms with van der Waals surface area (Å²) in [7, 11) is 0. The molecule has 3 aromatic carbocycles. The molecule has 0 unspecified atom stereocenters. The molecule has 0 aliphatic heterocycles. The molecule has 3 heterocycles. The number of hydrogen-bond acceptors (Lipinski definition) is 7. The molecule has 0 fully saturated rings. The van der Waals surface area contributed by atoms with Gasteiger partial charge in [0.25, 0.3) is 0 Å². The smallest absolute Gasteiger partial charge is 0.416 e. The van der Waals surface area contributed by atoms with Gasteiger partial charge in [-0.2, -0.15) is 23.1 Å². The van der Waals surface area contributed by atoms with E-state index in [0.717, 1.165) is 28.5 Å². The summed E-state index contributed by atoms with van der Waals surface area (Å²) in [6, 6.07) is 21.8. The van der Waals surface area contributed by atoms with Crippen LogP contribution >= 0.6 is 0 Å². The zero-order chi connectivity index (χ0) is 28.4. The van der Waals surface area contributed by atoms with Crippen molar-refractivity contribution in [2.45, 2.75) is 19.1 Å². The Morgan fingerprint density at radius 2 is 1.56 bits per heavy atom. The minimum atomic E-state index is -4.40. The highest BCUT2D eigenvalue weighted by atomic mass is 19.4. The van der Waals surface area contributed by atoms with Crippen LogP contribution in [0, 0.1) is 0 Å². The normalized spacial score (nSPS) is 11.7. The standard InChI is InChI=1S/C30H24F3N7O/c31-30(32,33)22-9-5-20(6-10-22)17-40-18-36-25-27(35-15-13-19-7-11-23(41)12-8-19)38-29(39-28(25)40)37-26-24-4-2-1-3-21(24)14-16-34-26/h1-12,14,16,18,41H,13,15,17H2,(H2,34,35,37,38,39). The molecular formula is C30H24F3N7O. The molecule has 0 radical (unpaired) electrons. The second kappa shape index (κ2) is 10.8. The highest BCUT2D eigenvalue weighted by molar-refractivity contribution is 5.93. The first-order valence-corrected chi connectivity index (χ1v) is 12.8. The summed E-state index contributed by atoms with van der Waals surface area (Å²) in [5.41, 5.74) is 2.04. The first kappa shape index (κ1) is 26.1. The van der Waals surface area contributed by atoms with Gasteiger partial charge < -0.3 is 20.3 Å². The van der Waals surface area contributed by atoms with Crippen molar-refractivity contribution < 1.29 is 18.3 Å². The Bertz CT molecular complexity index is 1810. The average molecular weight is 556 g/mol. The maximum atomic E-state index is 13.0. The summed E-state index contributed by atoms with van der Waals surface area (Å²) < 4.78 is 40.9. The van der Waals surface area contributed by atoms with E-state index in [1.807, 2.05) is 42.5 Å². The molecule has 0 bridgehead atoms. The lowest BCUT2D eigenvalue weighted by Crippen LogP contribution is -2.10. The van der Waals surface area contributed by atoms with Crippen molar-refractivity contribution in [2.75, 3.05) is 17.2 Å². The number of fused-ring (bicyclic) bond motifs is 2. The number of aromatic hydroxyl groups is 1. The molecule has 0 aliphatic carbocycles. The molecule has 8 nitrogen and oxygen atoms in total. The summed E-state index contributed by atoms with van der Waals surface area (Å²) in [6.07, 6.45) is -0.424. The summed E-state index contributed by atoms with van der Waals surface area (Å²) >= 11 is 0. The molecule has 3 aromatic heterocycles. The number of nitrogens with one attached hydrogen (secondary N) is 2. The molecule has 0 amide bonds. The van der Waals surface area contributed by atoms with Gasteiger partial charge in [-0.3, -0.25) is 0 Å². The van der Waals surface area contributed by atoms with Gasteiger partial charge in [0.15, 0.2) is 17.0 Å². The minimum Gasteiger partial charge on any atom is -0.508 e. The molecular weight excluding hydrogens is 531 g/mol. The van der Waals surface area contributed by atoms with Crippen LogP contribution < -0.4 is 10.6 Å². The van der Waals surface area contributed by atoms with Gasteiger partial charge >= 0.3 is 6.18 Å². The summed E-state index contributed by atoms with van der Waals surface area (Å²) in [5, 5.41) is 18.0. The number of anilines is 3. The highest BCUT2D eigenvalue weighted by Gasteiger charge is 2.30. The average Bonchev–Trinajstić information content (AvgIpc) is 3.36. The van der Waals surface area contributed by atoms with Crippen LogP contribution in [0.5, 0.6) is 5.75 Å². The van der Waals surface area contributed by atoms with E-state index < -0.39 is 11.7 Å². The number of phenols is 1. The van der Waals surface area contributed by atoms with Gasteiger partial charge in [0.1, 0.15) is 11.6 Å². The monoisotopic (exact) mass is 555 g/mol. The van der Waals surface area contributed by atoms with E-state index in [2.05, 4.69) is 20.6 Å². The van der Waals surface area contributed by atoms with E-state index >= 15 is 0 Å². The van der Waals surface area contributed by atoms with Gasteiger partial charge in [-0.25, -0.2) is 9.97 Å². The van der Waals surface area contributed by atoms with Crippen LogP contribution in [0.25, 0.3) is 21.9 Å². The van der Waals surface area contributed by atoms with Crippen LogP contribution in [-0.4, -0.2) is 36.2 Å². The summed E-state index contributed by atoms with van der Waals surface area (Å²) in [4.78, 5) is 18.4. The van der Waals surface area contributed by atoms with E-state index in [9.17, 15) is 18.3 Å². The highest BCUT2D eigenvalue weighted by Crippen LogP contribution is 2.30. The van der Waals surface area contributed by atoms with E-state index in [1.54, 1.807) is 29.2 Å². The third-order valence-electron chi connectivity index (χ3n) is 6.64. The van der Waals surface area contributed by atoms with Gasteiger partial charge in [0.05, 0.1) is 18.4 Å². The lowest BCUT2D eigenvalue weighted by molar-refractivity contribution is -0.137. The first-order chi connectivity index (χ1) is 19.8. The molecule has 0 saturated carbocycles. The lowest BCUT2D eigenvalue weighted by atomic mass is 10.1. The van der Waals surface area contributed by atoms with E-state index in [4.69, 9.17) is 9.97 Å². The number of pyridine rings is 1. The second-order valence-electron chi connectivity index (χ2n) is 9.48. The van der Waals surface area contributed by atoms with Crippen LogP contribution in [0.4, 0.5) is 30.8 Å². The zero-order valence-electron chi connectivity index (χ0n) is 21.6. The predicted molar refractivity (Wildman–Crippen MR) is 151 cm³/mol. The van der Waals surface area contributed by atoms with Crippen molar-refractivity contribution in [3.05, 3.63) is 108 Å². The quantitative estimate of drug-likeness (QED) is 0.196. The van der Waals surface area contributed by atoms with E-state index in [-0.39, 0.29) is 12.3 Å². The van der Waals surface area contributed by atoms with Crippen molar-refractivity contribution in [1.82, 2.24) is 24.5 Å². The predicted octanol–water partition coefficient (Wildman–Crippen LogP) is 6.55. The first-order valence-electron chi connectivity index (χ1n) is 12.8.